The average molecular weight is 157 g/mol. The summed E-state index contributed by atoms with van der Waals surface area (Å²) in [6.45, 7) is 6.81. The zero-order valence-corrected chi connectivity index (χ0v) is 6.08. The molecule has 3 N–H and O–H groups in total. The molecule has 0 rings (SSSR count). The third kappa shape index (κ3) is 3.54. The Morgan fingerprint density at radius 1 is 1.64 bits per heavy atom. The first-order valence-corrected chi connectivity index (χ1v) is 3.03. The van der Waals surface area contributed by atoms with E-state index in [1.54, 1.807) is 0 Å². The molecule has 0 bridgehead atoms. The fourth-order valence-electron chi connectivity index (χ4n) is 0.396. The van der Waals surface area contributed by atoms with E-state index >= 15 is 0 Å². The van der Waals surface area contributed by atoms with E-state index in [0.29, 0.717) is 0 Å². The first-order chi connectivity index (χ1) is 5.09. The molecule has 0 aliphatic carbocycles. The normalized spacial score (nSPS) is 9.36. The average Bonchev–Trinajstić information content (AvgIpc) is 1.98. The number of amides is 1. The topological polar surface area (TPSA) is 69.6 Å². The minimum absolute atomic E-state index is 0.271. The van der Waals surface area contributed by atoms with Crippen LogP contribution in [0.1, 0.15) is 0 Å². The lowest BCUT2D eigenvalue weighted by molar-refractivity contribution is -0.120. The van der Waals surface area contributed by atoms with Gasteiger partial charge in [0.1, 0.15) is 0 Å². The summed E-state index contributed by atoms with van der Waals surface area (Å²) >= 11 is 0. The molecular formula is C7H11NO3. The van der Waals surface area contributed by atoms with Crippen LogP contribution in [0.4, 0.5) is 0 Å². The molecule has 0 aliphatic rings. The van der Waals surface area contributed by atoms with Gasteiger partial charge in [-0.2, -0.15) is 0 Å². The van der Waals surface area contributed by atoms with E-state index < -0.39 is 12.2 Å². The maximum atomic E-state index is 10.8. The van der Waals surface area contributed by atoms with Crippen molar-refractivity contribution in [3.63, 3.8) is 0 Å². The smallest absolute Gasteiger partial charge is 0.251 e. The second-order valence-electron chi connectivity index (χ2n) is 1.90. The summed E-state index contributed by atoms with van der Waals surface area (Å²) in [5, 5.41) is 19.3. The van der Waals surface area contributed by atoms with Crippen LogP contribution in [0, 0.1) is 0 Å². The van der Waals surface area contributed by atoms with Gasteiger partial charge >= 0.3 is 0 Å². The van der Waals surface area contributed by atoms with E-state index in [0.717, 1.165) is 0 Å². The molecule has 0 saturated carbocycles. The van der Waals surface area contributed by atoms with Crippen LogP contribution < -0.4 is 5.32 Å². The van der Waals surface area contributed by atoms with E-state index in [-0.39, 0.29) is 12.1 Å². The van der Waals surface area contributed by atoms with Crippen molar-refractivity contribution in [3.8, 4) is 0 Å². The van der Waals surface area contributed by atoms with Crippen LogP contribution in [0.25, 0.3) is 0 Å². The van der Waals surface area contributed by atoms with Gasteiger partial charge in [-0.05, 0) is 0 Å². The van der Waals surface area contributed by atoms with E-state index in [9.17, 15) is 4.79 Å². The van der Waals surface area contributed by atoms with Crippen LogP contribution in [0.2, 0.25) is 0 Å². The molecule has 0 aliphatic heterocycles. The second-order valence-corrected chi connectivity index (χ2v) is 1.90. The minimum atomic E-state index is -1.79. The van der Waals surface area contributed by atoms with Gasteiger partial charge in [0.05, 0.1) is 5.57 Å². The third-order valence-electron chi connectivity index (χ3n) is 1.01. The highest BCUT2D eigenvalue weighted by atomic mass is 16.5. The number of nitrogens with one attached hydrogen (secondary N) is 1. The highest BCUT2D eigenvalue weighted by Crippen LogP contribution is 1.94. The highest BCUT2D eigenvalue weighted by molar-refractivity contribution is 5.93. The summed E-state index contributed by atoms with van der Waals surface area (Å²) in [4.78, 5) is 10.8. The Morgan fingerprint density at radius 3 is 2.55 bits per heavy atom. The van der Waals surface area contributed by atoms with Gasteiger partial charge in [-0.1, -0.05) is 12.7 Å². The minimum Gasteiger partial charge on any atom is -0.364 e. The molecule has 0 spiro atoms. The van der Waals surface area contributed by atoms with Gasteiger partial charge in [0.25, 0.3) is 5.91 Å². The molecule has 0 saturated heterocycles. The zero-order chi connectivity index (χ0) is 8.85. The number of hydrogen-bond acceptors (Lipinski definition) is 3. The zero-order valence-electron chi connectivity index (χ0n) is 6.08. The number of aliphatic hydroxyl groups excluding tert-OH is 1. The molecule has 4 heteroatoms. The molecule has 0 unspecified atom stereocenters. The number of hydrogen-bond donors (Lipinski definition) is 3. The van der Waals surface area contributed by atoms with Gasteiger partial charge in [0.15, 0.2) is 6.29 Å². The maximum Gasteiger partial charge on any atom is 0.251 e. The quantitative estimate of drug-likeness (QED) is 0.283. The molecule has 0 atom stereocenters. The van der Waals surface area contributed by atoms with Crippen molar-refractivity contribution in [2.45, 2.75) is 6.29 Å². The first kappa shape index (κ1) is 9.87. The van der Waals surface area contributed by atoms with Gasteiger partial charge in [-0.25, -0.2) is 0 Å². The SMILES string of the molecule is C=CCNC(=O)C(=C)C(O)O. The lowest BCUT2D eigenvalue weighted by Gasteiger charge is -2.06. The van der Waals surface area contributed by atoms with Gasteiger partial charge in [-0.3, -0.25) is 4.79 Å². The lowest BCUT2D eigenvalue weighted by atomic mass is 10.3. The van der Waals surface area contributed by atoms with Crippen molar-refractivity contribution < 1.29 is 15.0 Å². The van der Waals surface area contributed by atoms with Crippen LogP contribution >= 0.6 is 0 Å². The molecule has 0 radical (unpaired) electrons. The molecule has 4 nitrogen and oxygen atoms in total. The van der Waals surface area contributed by atoms with Crippen LogP contribution in [0.5, 0.6) is 0 Å². The van der Waals surface area contributed by atoms with Crippen molar-refractivity contribution >= 4 is 5.91 Å². The van der Waals surface area contributed by atoms with Crippen LogP contribution in [-0.4, -0.2) is 29.0 Å². The van der Waals surface area contributed by atoms with Crippen molar-refractivity contribution in [3.05, 3.63) is 24.8 Å². The van der Waals surface area contributed by atoms with Crippen molar-refractivity contribution in [2.24, 2.45) is 0 Å². The standard InChI is InChI=1S/C7H11NO3/c1-3-4-8-6(9)5(2)7(10)11/h3,7,10-11H,1-2,4H2,(H,8,9). The molecule has 1 amide bonds. The summed E-state index contributed by atoms with van der Waals surface area (Å²) in [6.07, 6.45) is -0.311. The first-order valence-electron chi connectivity index (χ1n) is 3.03. The molecule has 0 fully saturated rings. The van der Waals surface area contributed by atoms with Crippen molar-refractivity contribution in [2.75, 3.05) is 6.54 Å². The maximum absolute atomic E-state index is 10.8. The molecule has 0 aromatic heterocycles. The fourth-order valence-corrected chi connectivity index (χ4v) is 0.396. The molecule has 11 heavy (non-hydrogen) atoms. The predicted molar refractivity (Wildman–Crippen MR) is 40.6 cm³/mol. The molecular weight excluding hydrogens is 146 g/mol. The van der Waals surface area contributed by atoms with E-state index in [1.165, 1.54) is 6.08 Å². The summed E-state index contributed by atoms with van der Waals surface area (Å²) in [5.41, 5.74) is -0.271. The number of aliphatic hydroxyl groups is 2. The van der Waals surface area contributed by atoms with Gasteiger partial charge < -0.3 is 15.5 Å². The summed E-state index contributed by atoms with van der Waals surface area (Å²) < 4.78 is 0. The molecule has 62 valence electrons. The Bertz CT molecular complexity index is 175. The van der Waals surface area contributed by atoms with Crippen LogP contribution in [0.15, 0.2) is 24.8 Å². The van der Waals surface area contributed by atoms with Gasteiger partial charge in [-0.15, -0.1) is 6.58 Å². The largest absolute Gasteiger partial charge is 0.364 e. The summed E-state index contributed by atoms with van der Waals surface area (Å²) in [6, 6.07) is 0. The Kier molecular flexibility index (Phi) is 4.17. The van der Waals surface area contributed by atoms with Crippen molar-refractivity contribution in [1.29, 1.82) is 0 Å². The number of carbonyl (C=O) groups is 1. The highest BCUT2D eigenvalue weighted by Gasteiger charge is 2.11. The van der Waals surface area contributed by atoms with E-state index in [2.05, 4.69) is 18.5 Å². The molecule has 0 aromatic carbocycles. The number of rotatable bonds is 4. The molecule has 0 aromatic rings. The van der Waals surface area contributed by atoms with Crippen LogP contribution in [-0.2, 0) is 4.79 Å². The summed E-state index contributed by atoms with van der Waals surface area (Å²) in [5.74, 6) is -0.583. The van der Waals surface area contributed by atoms with E-state index in [1.807, 2.05) is 0 Å². The fraction of sp³-hybridized carbons (Fsp3) is 0.286. The third-order valence-corrected chi connectivity index (χ3v) is 1.01. The predicted octanol–water partition coefficient (Wildman–Crippen LogP) is -0.845. The Labute approximate surface area is 64.8 Å². The lowest BCUT2D eigenvalue weighted by Crippen LogP contribution is -2.29. The van der Waals surface area contributed by atoms with E-state index in [4.69, 9.17) is 10.2 Å². The van der Waals surface area contributed by atoms with Crippen LogP contribution in [0.3, 0.4) is 0 Å². The Morgan fingerprint density at radius 2 is 2.18 bits per heavy atom. The Balaban J connectivity index is 3.83. The number of carbonyl (C=O) groups excluding carboxylic acids is 1. The summed E-state index contributed by atoms with van der Waals surface area (Å²) in [7, 11) is 0. The van der Waals surface area contributed by atoms with Gasteiger partial charge in [0, 0.05) is 6.54 Å². The molecule has 0 heterocycles. The van der Waals surface area contributed by atoms with Crippen molar-refractivity contribution in [1.82, 2.24) is 5.32 Å². The van der Waals surface area contributed by atoms with Gasteiger partial charge in [0.2, 0.25) is 0 Å². The Hall–Kier alpha value is -1.13. The monoisotopic (exact) mass is 157 g/mol. The second kappa shape index (κ2) is 4.65.